The summed E-state index contributed by atoms with van der Waals surface area (Å²) in [5, 5.41) is 9.08. The van der Waals surface area contributed by atoms with Crippen LogP contribution in [0.2, 0.25) is 0 Å². The van der Waals surface area contributed by atoms with E-state index in [0.29, 0.717) is 0 Å². The Kier molecular flexibility index (Phi) is 2.28. The highest BCUT2D eigenvalue weighted by Crippen LogP contribution is 2.32. The maximum Gasteiger partial charge on any atom is 0.310 e. The molecule has 2 nitrogen and oxygen atoms in total. The second-order valence-corrected chi connectivity index (χ2v) is 3.99. The first-order valence-corrected chi connectivity index (χ1v) is 5.00. The highest BCUT2D eigenvalue weighted by Gasteiger charge is 2.25. The Bertz CT molecular complexity index is 369. The molecule has 74 valence electrons. The standard InChI is InChI=1S/C12H14O2/c1-8-5-6-9-3-2-4-10(12(13)14)11(9)7-8/h5-7,10H,2-4H2,1H3,(H,13,14). The van der Waals surface area contributed by atoms with E-state index in [4.69, 9.17) is 5.11 Å². The van der Waals surface area contributed by atoms with Crippen LogP contribution in [0.15, 0.2) is 18.2 Å². The van der Waals surface area contributed by atoms with Gasteiger partial charge in [0, 0.05) is 0 Å². The van der Waals surface area contributed by atoms with E-state index in [1.807, 2.05) is 13.0 Å². The zero-order valence-corrected chi connectivity index (χ0v) is 8.29. The topological polar surface area (TPSA) is 37.3 Å². The van der Waals surface area contributed by atoms with Gasteiger partial charge in [-0.1, -0.05) is 23.8 Å². The molecule has 1 aromatic rings. The lowest BCUT2D eigenvalue weighted by Crippen LogP contribution is -2.17. The van der Waals surface area contributed by atoms with Crippen molar-refractivity contribution in [3.05, 3.63) is 34.9 Å². The summed E-state index contributed by atoms with van der Waals surface area (Å²) in [4.78, 5) is 11.0. The largest absolute Gasteiger partial charge is 0.481 e. The lowest BCUT2D eigenvalue weighted by Gasteiger charge is -2.22. The highest BCUT2D eigenvalue weighted by atomic mass is 16.4. The molecule has 1 N–H and O–H groups in total. The molecule has 0 spiro atoms. The molecule has 0 saturated heterocycles. The van der Waals surface area contributed by atoms with Crippen molar-refractivity contribution in [2.45, 2.75) is 32.1 Å². The van der Waals surface area contributed by atoms with Gasteiger partial charge in [0.05, 0.1) is 5.92 Å². The first-order valence-electron chi connectivity index (χ1n) is 5.00. The molecule has 1 atom stereocenters. The number of rotatable bonds is 1. The van der Waals surface area contributed by atoms with E-state index in [1.54, 1.807) is 0 Å². The molecular weight excluding hydrogens is 176 g/mol. The molecule has 0 aliphatic heterocycles. The number of carbonyl (C=O) groups is 1. The molecule has 2 rings (SSSR count). The number of aryl methyl sites for hydroxylation is 2. The fourth-order valence-electron chi connectivity index (χ4n) is 2.18. The quantitative estimate of drug-likeness (QED) is 0.738. The molecule has 0 amide bonds. The van der Waals surface area contributed by atoms with Crippen LogP contribution in [-0.2, 0) is 11.2 Å². The maximum atomic E-state index is 11.0. The SMILES string of the molecule is Cc1ccc2c(c1)C(C(=O)O)CCC2. The average Bonchev–Trinajstić information content (AvgIpc) is 2.16. The van der Waals surface area contributed by atoms with E-state index in [9.17, 15) is 4.79 Å². The van der Waals surface area contributed by atoms with Gasteiger partial charge in [-0.15, -0.1) is 0 Å². The molecule has 1 aliphatic rings. The van der Waals surface area contributed by atoms with Crippen LogP contribution >= 0.6 is 0 Å². The van der Waals surface area contributed by atoms with Crippen LogP contribution in [0.5, 0.6) is 0 Å². The Morgan fingerprint density at radius 3 is 3.00 bits per heavy atom. The number of aliphatic carboxylic acids is 1. The summed E-state index contributed by atoms with van der Waals surface area (Å²) in [5.74, 6) is -0.963. The normalized spacial score (nSPS) is 20.2. The zero-order valence-electron chi connectivity index (χ0n) is 8.29. The predicted molar refractivity (Wildman–Crippen MR) is 54.5 cm³/mol. The molecule has 1 unspecified atom stereocenters. The van der Waals surface area contributed by atoms with Crippen LogP contribution in [0.25, 0.3) is 0 Å². The van der Waals surface area contributed by atoms with Crippen molar-refractivity contribution in [2.75, 3.05) is 0 Å². The van der Waals surface area contributed by atoms with Gasteiger partial charge in [-0.3, -0.25) is 4.79 Å². The van der Waals surface area contributed by atoms with E-state index in [-0.39, 0.29) is 5.92 Å². The number of benzene rings is 1. The van der Waals surface area contributed by atoms with Crippen molar-refractivity contribution in [1.82, 2.24) is 0 Å². The van der Waals surface area contributed by atoms with Crippen LogP contribution in [0.1, 0.15) is 35.4 Å². The fraction of sp³-hybridized carbons (Fsp3) is 0.417. The molecule has 0 radical (unpaired) electrons. The van der Waals surface area contributed by atoms with Gasteiger partial charge in [0.25, 0.3) is 0 Å². The molecular formula is C12H14O2. The predicted octanol–water partition coefficient (Wildman–Crippen LogP) is 2.50. The van der Waals surface area contributed by atoms with Crippen molar-refractivity contribution >= 4 is 5.97 Å². The minimum absolute atomic E-state index is 0.279. The number of fused-ring (bicyclic) bond motifs is 1. The van der Waals surface area contributed by atoms with Crippen LogP contribution in [0.4, 0.5) is 0 Å². The maximum absolute atomic E-state index is 11.0. The molecule has 1 aliphatic carbocycles. The van der Waals surface area contributed by atoms with Crippen molar-refractivity contribution in [1.29, 1.82) is 0 Å². The second kappa shape index (κ2) is 3.45. The Morgan fingerprint density at radius 2 is 2.29 bits per heavy atom. The second-order valence-electron chi connectivity index (χ2n) is 3.99. The third kappa shape index (κ3) is 1.52. The number of hydrogen-bond donors (Lipinski definition) is 1. The summed E-state index contributed by atoms with van der Waals surface area (Å²) in [5.41, 5.74) is 3.40. The first kappa shape index (κ1) is 9.25. The Hall–Kier alpha value is -1.31. The number of carboxylic acids is 1. The lowest BCUT2D eigenvalue weighted by molar-refractivity contribution is -0.139. The molecule has 0 bridgehead atoms. The monoisotopic (exact) mass is 190 g/mol. The smallest absolute Gasteiger partial charge is 0.310 e. The molecule has 0 saturated carbocycles. The molecule has 0 fully saturated rings. The Balaban J connectivity index is 2.46. The summed E-state index contributed by atoms with van der Waals surface area (Å²) in [6, 6.07) is 6.15. The molecule has 0 heterocycles. The summed E-state index contributed by atoms with van der Waals surface area (Å²) in [7, 11) is 0. The third-order valence-corrected chi connectivity index (χ3v) is 2.91. The van der Waals surface area contributed by atoms with Gasteiger partial charge >= 0.3 is 5.97 Å². The minimum Gasteiger partial charge on any atom is -0.481 e. The van der Waals surface area contributed by atoms with Crippen molar-refractivity contribution < 1.29 is 9.90 Å². The van der Waals surface area contributed by atoms with Crippen molar-refractivity contribution in [3.63, 3.8) is 0 Å². The van der Waals surface area contributed by atoms with E-state index in [1.165, 1.54) is 5.56 Å². The summed E-state index contributed by atoms with van der Waals surface area (Å²) in [6.45, 7) is 2.01. The minimum atomic E-state index is -0.684. The van der Waals surface area contributed by atoms with Gasteiger partial charge in [-0.25, -0.2) is 0 Å². The lowest BCUT2D eigenvalue weighted by atomic mass is 9.82. The van der Waals surface area contributed by atoms with Gasteiger partial charge in [-0.05, 0) is 37.3 Å². The van der Waals surface area contributed by atoms with E-state index in [2.05, 4.69) is 12.1 Å². The summed E-state index contributed by atoms with van der Waals surface area (Å²) >= 11 is 0. The highest BCUT2D eigenvalue weighted by molar-refractivity contribution is 5.77. The van der Waals surface area contributed by atoms with E-state index in [0.717, 1.165) is 30.4 Å². The average molecular weight is 190 g/mol. The fourth-order valence-corrected chi connectivity index (χ4v) is 2.18. The van der Waals surface area contributed by atoms with E-state index < -0.39 is 5.97 Å². The van der Waals surface area contributed by atoms with Crippen LogP contribution < -0.4 is 0 Å². The van der Waals surface area contributed by atoms with Gasteiger partial charge in [0.1, 0.15) is 0 Å². The van der Waals surface area contributed by atoms with Crippen LogP contribution in [-0.4, -0.2) is 11.1 Å². The van der Waals surface area contributed by atoms with Crippen LogP contribution in [0, 0.1) is 6.92 Å². The van der Waals surface area contributed by atoms with Gasteiger partial charge in [0.2, 0.25) is 0 Å². The third-order valence-electron chi connectivity index (χ3n) is 2.91. The van der Waals surface area contributed by atoms with Gasteiger partial charge in [0.15, 0.2) is 0 Å². The first-order chi connectivity index (χ1) is 6.68. The van der Waals surface area contributed by atoms with Crippen molar-refractivity contribution in [3.8, 4) is 0 Å². The molecule has 1 aromatic carbocycles. The van der Waals surface area contributed by atoms with Gasteiger partial charge in [-0.2, -0.15) is 0 Å². The summed E-state index contributed by atoms with van der Waals surface area (Å²) in [6.07, 6.45) is 2.80. The summed E-state index contributed by atoms with van der Waals surface area (Å²) < 4.78 is 0. The molecule has 2 heteroatoms. The van der Waals surface area contributed by atoms with Crippen molar-refractivity contribution in [2.24, 2.45) is 0 Å². The Morgan fingerprint density at radius 1 is 1.50 bits per heavy atom. The Labute approximate surface area is 83.6 Å². The number of carboxylic acid groups (broad SMARTS) is 1. The number of hydrogen-bond acceptors (Lipinski definition) is 1. The van der Waals surface area contributed by atoms with E-state index >= 15 is 0 Å². The molecule has 14 heavy (non-hydrogen) atoms. The molecule has 0 aromatic heterocycles. The zero-order chi connectivity index (χ0) is 10.1. The van der Waals surface area contributed by atoms with Crippen LogP contribution in [0.3, 0.4) is 0 Å². The van der Waals surface area contributed by atoms with Gasteiger partial charge < -0.3 is 5.11 Å².